The Morgan fingerprint density at radius 1 is 1.20 bits per heavy atom. The fraction of sp³-hybridized carbons (Fsp3) is 0.368. The lowest BCUT2D eigenvalue weighted by Gasteiger charge is -2.12. The van der Waals surface area contributed by atoms with E-state index in [9.17, 15) is 9.59 Å². The first-order valence-electron chi connectivity index (χ1n) is 8.44. The molecule has 1 aromatic carbocycles. The smallest absolute Gasteiger partial charge is 0.341 e. The molecule has 1 aromatic heterocycles. The number of carbonyl (C=O) groups excluding carboxylic acids is 2. The summed E-state index contributed by atoms with van der Waals surface area (Å²) in [5.74, 6) is -0.597. The third-order valence-corrected chi connectivity index (χ3v) is 4.73. The van der Waals surface area contributed by atoms with Crippen LogP contribution < -0.4 is 10.6 Å². The van der Waals surface area contributed by atoms with Crippen LogP contribution in [0, 0.1) is 0 Å². The van der Waals surface area contributed by atoms with Gasteiger partial charge >= 0.3 is 5.97 Å². The van der Waals surface area contributed by atoms with Crippen LogP contribution in [-0.2, 0) is 9.53 Å². The Labute approximate surface area is 152 Å². The molecule has 0 saturated heterocycles. The Bertz CT molecular complexity index is 713. The minimum absolute atomic E-state index is 0.174. The molecular weight excluding hydrogens is 336 g/mol. The molecule has 0 aliphatic heterocycles. The number of amides is 1. The van der Waals surface area contributed by atoms with Gasteiger partial charge in [0.1, 0.15) is 10.6 Å². The molecule has 0 fully saturated rings. The van der Waals surface area contributed by atoms with Crippen molar-refractivity contribution >= 4 is 28.2 Å². The Kier molecular flexibility index (Phi) is 7.16. The molecule has 0 unspecified atom stereocenters. The number of thiophene rings is 1. The third-order valence-electron chi connectivity index (χ3n) is 3.83. The molecule has 134 valence electrons. The van der Waals surface area contributed by atoms with Gasteiger partial charge in [0.25, 0.3) is 0 Å². The molecule has 2 N–H and O–H groups in total. The molecule has 5 nitrogen and oxygen atoms in total. The Morgan fingerprint density at radius 2 is 1.92 bits per heavy atom. The lowest BCUT2D eigenvalue weighted by atomic mass is 10.0. The molecule has 1 heterocycles. The second-order valence-corrected chi connectivity index (χ2v) is 6.56. The van der Waals surface area contributed by atoms with Crippen LogP contribution in [0.2, 0.25) is 0 Å². The van der Waals surface area contributed by atoms with E-state index in [0.29, 0.717) is 10.6 Å². The number of anilines is 1. The topological polar surface area (TPSA) is 67.4 Å². The van der Waals surface area contributed by atoms with E-state index in [-0.39, 0.29) is 25.1 Å². The van der Waals surface area contributed by atoms with Crippen molar-refractivity contribution in [2.75, 3.05) is 18.5 Å². The van der Waals surface area contributed by atoms with E-state index >= 15 is 0 Å². The Hall–Kier alpha value is -2.18. The highest BCUT2D eigenvalue weighted by molar-refractivity contribution is 7.15. The van der Waals surface area contributed by atoms with Crippen LogP contribution in [0.5, 0.6) is 0 Å². The number of carbonyl (C=O) groups is 2. The molecule has 0 radical (unpaired) electrons. The standard InChI is InChI=1S/C19H24N2O3S/c1-4-13(3)20-11-16(22)21-18-17(19(23)24-5-2)15(12-25-18)14-9-7-6-8-10-14/h6-10,12-13,20H,4-5,11H2,1-3H3,(H,21,22)/t13-/m1/s1. The summed E-state index contributed by atoms with van der Waals surface area (Å²) >= 11 is 1.33. The number of nitrogens with one attached hydrogen (secondary N) is 2. The molecule has 1 atom stereocenters. The number of benzene rings is 1. The van der Waals surface area contributed by atoms with Crippen LogP contribution in [0.3, 0.4) is 0 Å². The molecule has 0 spiro atoms. The molecule has 0 saturated carbocycles. The zero-order valence-corrected chi connectivity index (χ0v) is 15.6. The van der Waals surface area contributed by atoms with E-state index in [2.05, 4.69) is 17.6 Å². The summed E-state index contributed by atoms with van der Waals surface area (Å²) in [5, 5.41) is 8.37. The molecule has 0 bridgehead atoms. The molecule has 1 amide bonds. The largest absolute Gasteiger partial charge is 0.462 e. The average molecular weight is 360 g/mol. The maximum Gasteiger partial charge on any atom is 0.341 e. The van der Waals surface area contributed by atoms with Gasteiger partial charge in [0.15, 0.2) is 0 Å². The first kappa shape index (κ1) is 19.1. The minimum Gasteiger partial charge on any atom is -0.462 e. The molecular formula is C19H24N2O3S. The van der Waals surface area contributed by atoms with Crippen LogP contribution in [-0.4, -0.2) is 31.1 Å². The predicted molar refractivity (Wildman–Crippen MR) is 102 cm³/mol. The van der Waals surface area contributed by atoms with Gasteiger partial charge in [-0.2, -0.15) is 0 Å². The predicted octanol–water partition coefficient (Wildman–Crippen LogP) is 3.92. The normalized spacial score (nSPS) is 11.8. The average Bonchev–Trinajstić information content (AvgIpc) is 3.04. The van der Waals surface area contributed by atoms with Gasteiger partial charge in [-0.25, -0.2) is 4.79 Å². The molecule has 6 heteroatoms. The van der Waals surface area contributed by atoms with Gasteiger partial charge in [-0.3, -0.25) is 4.79 Å². The maximum atomic E-state index is 12.4. The molecule has 2 aromatic rings. The summed E-state index contributed by atoms with van der Waals surface area (Å²) in [6, 6.07) is 9.87. The zero-order valence-electron chi connectivity index (χ0n) is 14.8. The van der Waals surface area contributed by atoms with Crippen molar-refractivity contribution < 1.29 is 14.3 Å². The highest BCUT2D eigenvalue weighted by Gasteiger charge is 2.22. The minimum atomic E-state index is -0.423. The first-order chi connectivity index (χ1) is 12.1. The second kappa shape index (κ2) is 9.34. The fourth-order valence-electron chi connectivity index (χ4n) is 2.27. The first-order valence-corrected chi connectivity index (χ1v) is 9.32. The van der Waals surface area contributed by atoms with Crippen molar-refractivity contribution in [2.45, 2.75) is 33.2 Å². The van der Waals surface area contributed by atoms with Crippen LogP contribution >= 0.6 is 11.3 Å². The van der Waals surface area contributed by atoms with E-state index < -0.39 is 5.97 Å². The van der Waals surface area contributed by atoms with Gasteiger partial charge in [-0.05, 0) is 25.8 Å². The van der Waals surface area contributed by atoms with Gasteiger partial charge in [-0.1, -0.05) is 37.3 Å². The quantitative estimate of drug-likeness (QED) is 0.700. The maximum absolute atomic E-state index is 12.4. The van der Waals surface area contributed by atoms with Crippen LogP contribution in [0.15, 0.2) is 35.7 Å². The summed E-state index contributed by atoms with van der Waals surface area (Å²) < 4.78 is 5.19. The van der Waals surface area contributed by atoms with Gasteiger partial charge in [0.2, 0.25) is 5.91 Å². The summed E-state index contributed by atoms with van der Waals surface area (Å²) in [4.78, 5) is 24.6. The lowest BCUT2D eigenvalue weighted by Crippen LogP contribution is -2.34. The highest BCUT2D eigenvalue weighted by Crippen LogP contribution is 2.36. The lowest BCUT2D eigenvalue weighted by molar-refractivity contribution is -0.115. The third kappa shape index (κ3) is 5.14. The van der Waals surface area contributed by atoms with Crippen LogP contribution in [0.25, 0.3) is 11.1 Å². The van der Waals surface area contributed by atoms with E-state index in [1.54, 1.807) is 6.92 Å². The van der Waals surface area contributed by atoms with E-state index in [1.807, 2.05) is 42.6 Å². The van der Waals surface area contributed by atoms with Crippen LogP contribution in [0.1, 0.15) is 37.6 Å². The van der Waals surface area contributed by atoms with E-state index in [4.69, 9.17) is 4.74 Å². The molecule has 2 rings (SSSR count). The van der Waals surface area contributed by atoms with Crippen molar-refractivity contribution in [3.63, 3.8) is 0 Å². The highest BCUT2D eigenvalue weighted by atomic mass is 32.1. The number of hydrogen-bond donors (Lipinski definition) is 2. The van der Waals surface area contributed by atoms with Gasteiger partial charge in [0, 0.05) is 17.0 Å². The second-order valence-electron chi connectivity index (χ2n) is 5.68. The van der Waals surface area contributed by atoms with E-state index in [0.717, 1.165) is 17.5 Å². The molecule has 0 aliphatic rings. The Balaban J connectivity index is 2.24. The van der Waals surface area contributed by atoms with Crippen molar-refractivity contribution in [1.82, 2.24) is 5.32 Å². The van der Waals surface area contributed by atoms with Crippen molar-refractivity contribution in [3.05, 3.63) is 41.3 Å². The monoisotopic (exact) mass is 360 g/mol. The molecule has 25 heavy (non-hydrogen) atoms. The van der Waals surface area contributed by atoms with Crippen molar-refractivity contribution in [1.29, 1.82) is 0 Å². The number of hydrogen-bond acceptors (Lipinski definition) is 5. The molecule has 0 aliphatic carbocycles. The summed E-state index contributed by atoms with van der Waals surface area (Å²) in [7, 11) is 0. The van der Waals surface area contributed by atoms with E-state index in [1.165, 1.54) is 11.3 Å². The Morgan fingerprint density at radius 3 is 2.56 bits per heavy atom. The fourth-order valence-corrected chi connectivity index (χ4v) is 3.24. The summed E-state index contributed by atoms with van der Waals surface area (Å²) in [5.41, 5.74) is 2.10. The van der Waals surface area contributed by atoms with Gasteiger partial charge in [0.05, 0.1) is 13.2 Å². The zero-order chi connectivity index (χ0) is 18.2. The number of rotatable bonds is 8. The number of ether oxygens (including phenoxy) is 1. The summed E-state index contributed by atoms with van der Waals surface area (Å²) in [6.07, 6.45) is 0.943. The van der Waals surface area contributed by atoms with Crippen molar-refractivity contribution in [2.24, 2.45) is 0 Å². The SMILES string of the molecule is CCOC(=O)c1c(-c2ccccc2)csc1NC(=O)CN[C@H](C)CC. The van der Waals surface area contributed by atoms with Gasteiger partial charge < -0.3 is 15.4 Å². The van der Waals surface area contributed by atoms with Gasteiger partial charge in [-0.15, -0.1) is 11.3 Å². The van der Waals surface area contributed by atoms with Crippen molar-refractivity contribution in [3.8, 4) is 11.1 Å². The van der Waals surface area contributed by atoms with Crippen LogP contribution in [0.4, 0.5) is 5.00 Å². The number of esters is 1. The summed E-state index contributed by atoms with van der Waals surface area (Å²) in [6.45, 7) is 6.33.